The lowest BCUT2D eigenvalue weighted by atomic mass is 9.77. The SMILES string of the molecule is CC.CCN1CCC(C)(C)C1C(C)(C)O. The van der Waals surface area contributed by atoms with Crippen molar-refractivity contribution in [1.82, 2.24) is 4.90 Å². The molecule has 1 N–H and O–H groups in total. The summed E-state index contributed by atoms with van der Waals surface area (Å²) >= 11 is 0. The highest BCUT2D eigenvalue weighted by atomic mass is 16.3. The molecule has 0 radical (unpaired) electrons. The molecule has 15 heavy (non-hydrogen) atoms. The predicted molar refractivity (Wildman–Crippen MR) is 67.1 cm³/mol. The van der Waals surface area contributed by atoms with Gasteiger partial charge >= 0.3 is 0 Å². The molecule has 92 valence electrons. The number of hydrogen-bond donors (Lipinski definition) is 1. The zero-order valence-electron chi connectivity index (χ0n) is 11.6. The molecule has 0 aliphatic carbocycles. The average Bonchev–Trinajstić information content (AvgIpc) is 2.43. The van der Waals surface area contributed by atoms with Crippen molar-refractivity contribution in [3.8, 4) is 0 Å². The predicted octanol–water partition coefficient (Wildman–Crippen LogP) is 2.90. The summed E-state index contributed by atoms with van der Waals surface area (Å²) in [5, 5.41) is 10.1. The highest BCUT2D eigenvalue weighted by Crippen LogP contribution is 2.41. The van der Waals surface area contributed by atoms with Gasteiger partial charge in [0.1, 0.15) is 0 Å². The van der Waals surface area contributed by atoms with E-state index in [2.05, 4.69) is 25.7 Å². The van der Waals surface area contributed by atoms with Gasteiger partial charge in [0.05, 0.1) is 5.60 Å². The first kappa shape index (κ1) is 14.9. The Morgan fingerprint density at radius 2 is 1.80 bits per heavy atom. The van der Waals surface area contributed by atoms with Gasteiger partial charge in [0.2, 0.25) is 0 Å². The second kappa shape index (κ2) is 5.31. The van der Waals surface area contributed by atoms with Crippen molar-refractivity contribution in [2.75, 3.05) is 13.1 Å². The van der Waals surface area contributed by atoms with E-state index in [4.69, 9.17) is 0 Å². The summed E-state index contributed by atoms with van der Waals surface area (Å²) in [7, 11) is 0. The standard InChI is InChI=1S/C11H23NO.C2H6/c1-6-12-8-7-10(2,3)9(12)11(4,5)13;1-2/h9,13H,6-8H2,1-5H3;1-2H3. The molecule has 0 amide bonds. The number of nitrogens with zero attached hydrogens (tertiary/aromatic N) is 1. The molecule has 1 fully saturated rings. The quantitative estimate of drug-likeness (QED) is 0.765. The van der Waals surface area contributed by atoms with Crippen LogP contribution in [0.1, 0.15) is 54.9 Å². The first-order valence-corrected chi connectivity index (χ1v) is 6.25. The first-order valence-electron chi connectivity index (χ1n) is 6.25. The van der Waals surface area contributed by atoms with Crippen LogP contribution in [0.25, 0.3) is 0 Å². The number of likely N-dealkylation sites (tertiary alicyclic amines) is 1. The van der Waals surface area contributed by atoms with Crippen molar-refractivity contribution in [1.29, 1.82) is 0 Å². The van der Waals surface area contributed by atoms with Crippen molar-refractivity contribution < 1.29 is 5.11 Å². The van der Waals surface area contributed by atoms with Crippen molar-refractivity contribution >= 4 is 0 Å². The third kappa shape index (κ3) is 3.46. The molecule has 0 saturated carbocycles. The minimum atomic E-state index is -0.587. The van der Waals surface area contributed by atoms with Gasteiger partial charge in [0, 0.05) is 6.04 Å². The second-order valence-electron chi connectivity index (χ2n) is 5.42. The summed E-state index contributed by atoms with van der Waals surface area (Å²) < 4.78 is 0. The first-order chi connectivity index (χ1) is 6.79. The van der Waals surface area contributed by atoms with Crippen LogP contribution >= 0.6 is 0 Å². The van der Waals surface area contributed by atoms with E-state index in [0.29, 0.717) is 6.04 Å². The maximum absolute atomic E-state index is 10.1. The molecular formula is C13H29NO. The van der Waals surface area contributed by atoms with Crippen LogP contribution in [0.3, 0.4) is 0 Å². The van der Waals surface area contributed by atoms with Gasteiger partial charge < -0.3 is 5.11 Å². The van der Waals surface area contributed by atoms with Crippen LogP contribution in [-0.2, 0) is 0 Å². The third-order valence-electron chi connectivity index (χ3n) is 3.22. The molecule has 1 unspecified atom stereocenters. The van der Waals surface area contributed by atoms with Crippen LogP contribution < -0.4 is 0 Å². The van der Waals surface area contributed by atoms with Crippen molar-refractivity contribution in [2.45, 2.75) is 66.5 Å². The number of aliphatic hydroxyl groups is 1. The lowest BCUT2D eigenvalue weighted by molar-refractivity contribution is -0.0363. The second-order valence-corrected chi connectivity index (χ2v) is 5.42. The van der Waals surface area contributed by atoms with Gasteiger partial charge in [0.15, 0.2) is 0 Å². The van der Waals surface area contributed by atoms with E-state index in [0.717, 1.165) is 13.1 Å². The minimum absolute atomic E-state index is 0.244. The fraction of sp³-hybridized carbons (Fsp3) is 1.00. The zero-order valence-corrected chi connectivity index (χ0v) is 11.6. The van der Waals surface area contributed by atoms with E-state index in [1.807, 2.05) is 27.7 Å². The average molecular weight is 215 g/mol. The van der Waals surface area contributed by atoms with Gasteiger partial charge in [-0.1, -0.05) is 34.6 Å². The Hall–Kier alpha value is -0.0800. The van der Waals surface area contributed by atoms with Crippen LogP contribution in [0.5, 0.6) is 0 Å². The molecule has 1 aliphatic rings. The maximum atomic E-state index is 10.1. The number of rotatable bonds is 2. The molecule has 1 rings (SSSR count). The summed E-state index contributed by atoms with van der Waals surface area (Å²) in [4.78, 5) is 2.39. The number of hydrogen-bond acceptors (Lipinski definition) is 2. The van der Waals surface area contributed by atoms with Crippen LogP contribution in [0.2, 0.25) is 0 Å². The summed E-state index contributed by atoms with van der Waals surface area (Å²) in [5.41, 5.74) is -0.343. The molecule has 2 nitrogen and oxygen atoms in total. The summed E-state index contributed by atoms with van der Waals surface area (Å²) in [6, 6.07) is 0.296. The molecule has 0 aromatic rings. The molecule has 0 spiro atoms. The van der Waals surface area contributed by atoms with Crippen LogP contribution in [0, 0.1) is 5.41 Å². The Bertz CT molecular complexity index is 181. The van der Waals surface area contributed by atoms with Crippen LogP contribution in [0.15, 0.2) is 0 Å². The van der Waals surface area contributed by atoms with Crippen LogP contribution in [0.4, 0.5) is 0 Å². The normalized spacial score (nSPS) is 26.0. The summed E-state index contributed by atoms with van der Waals surface area (Å²) in [5.74, 6) is 0. The number of likely N-dealkylation sites (N-methyl/N-ethyl adjacent to an activating group) is 1. The monoisotopic (exact) mass is 215 g/mol. The van der Waals surface area contributed by atoms with E-state index in [1.165, 1.54) is 6.42 Å². The fourth-order valence-corrected chi connectivity index (χ4v) is 2.94. The highest BCUT2D eigenvalue weighted by molar-refractivity contribution is 5.01. The molecule has 2 heteroatoms. The topological polar surface area (TPSA) is 23.5 Å². The molecule has 0 aromatic carbocycles. The van der Waals surface area contributed by atoms with Crippen LogP contribution in [-0.4, -0.2) is 34.7 Å². The van der Waals surface area contributed by atoms with E-state index in [9.17, 15) is 5.11 Å². The molecule has 1 heterocycles. The Labute approximate surface area is 95.7 Å². The molecule has 1 saturated heterocycles. The van der Waals surface area contributed by atoms with Gasteiger partial charge in [-0.05, 0) is 38.8 Å². The third-order valence-corrected chi connectivity index (χ3v) is 3.22. The lowest BCUT2D eigenvalue weighted by Gasteiger charge is -2.40. The van der Waals surface area contributed by atoms with E-state index in [-0.39, 0.29) is 5.41 Å². The summed E-state index contributed by atoms with van der Waals surface area (Å²) in [6.07, 6.45) is 1.19. The smallest absolute Gasteiger partial charge is 0.0751 e. The van der Waals surface area contributed by atoms with Gasteiger partial charge in [-0.25, -0.2) is 0 Å². The van der Waals surface area contributed by atoms with E-state index < -0.39 is 5.60 Å². The minimum Gasteiger partial charge on any atom is -0.389 e. The highest BCUT2D eigenvalue weighted by Gasteiger charge is 2.47. The van der Waals surface area contributed by atoms with Crippen molar-refractivity contribution in [3.05, 3.63) is 0 Å². The summed E-state index contributed by atoms with van der Waals surface area (Å²) in [6.45, 7) is 16.7. The van der Waals surface area contributed by atoms with Gasteiger partial charge in [-0.2, -0.15) is 0 Å². The Kier molecular flexibility index (Phi) is 5.28. The molecule has 0 aromatic heterocycles. The Morgan fingerprint density at radius 1 is 1.33 bits per heavy atom. The zero-order chi connectivity index (χ0) is 12.3. The van der Waals surface area contributed by atoms with Crippen molar-refractivity contribution in [2.24, 2.45) is 5.41 Å². The lowest BCUT2D eigenvalue weighted by Crippen LogP contribution is -2.51. The molecule has 1 atom stereocenters. The van der Waals surface area contributed by atoms with Gasteiger partial charge in [-0.3, -0.25) is 4.90 Å². The Balaban J connectivity index is 0.000000921. The fourth-order valence-electron chi connectivity index (χ4n) is 2.94. The van der Waals surface area contributed by atoms with Gasteiger partial charge in [-0.15, -0.1) is 0 Å². The van der Waals surface area contributed by atoms with E-state index >= 15 is 0 Å². The van der Waals surface area contributed by atoms with E-state index in [1.54, 1.807) is 0 Å². The molecular weight excluding hydrogens is 186 g/mol. The van der Waals surface area contributed by atoms with Crippen molar-refractivity contribution in [3.63, 3.8) is 0 Å². The van der Waals surface area contributed by atoms with Gasteiger partial charge in [0.25, 0.3) is 0 Å². The molecule has 0 bridgehead atoms. The Morgan fingerprint density at radius 3 is 2.07 bits per heavy atom. The maximum Gasteiger partial charge on any atom is 0.0751 e. The largest absolute Gasteiger partial charge is 0.389 e. The molecule has 1 aliphatic heterocycles.